The second-order valence-electron chi connectivity index (χ2n) is 2.95. The number of pyridine rings is 1. The van der Waals surface area contributed by atoms with E-state index in [-0.39, 0.29) is 0 Å². The first-order chi connectivity index (χ1) is 7.17. The van der Waals surface area contributed by atoms with Crippen LogP contribution in [0.3, 0.4) is 0 Å². The van der Waals surface area contributed by atoms with Crippen LogP contribution in [-0.2, 0) is 6.54 Å². The molecule has 0 saturated heterocycles. The molecule has 1 heterocycles. The van der Waals surface area contributed by atoms with E-state index in [0.29, 0.717) is 17.5 Å². The Labute approximate surface area is 93.8 Å². The summed E-state index contributed by atoms with van der Waals surface area (Å²) in [5.74, 6) is 0.674. The number of aromatic nitrogens is 1. The average Bonchev–Trinajstić information content (AvgIpc) is 2.27. The third-order valence-electron chi connectivity index (χ3n) is 1.96. The summed E-state index contributed by atoms with van der Waals surface area (Å²) < 4.78 is 0. The monoisotopic (exact) mass is 222 g/mol. The third-order valence-corrected chi connectivity index (χ3v) is 2.19. The van der Waals surface area contributed by atoms with E-state index in [9.17, 15) is 0 Å². The lowest BCUT2D eigenvalue weighted by Gasteiger charge is -2.13. The molecule has 15 heavy (non-hydrogen) atoms. The second kappa shape index (κ2) is 5.32. The highest BCUT2D eigenvalue weighted by molar-refractivity contribution is 6.29. The number of aliphatic imine (C=N–C) groups is 1. The predicted octanol–water partition coefficient (Wildman–Crippen LogP) is 2.07. The number of rotatable bonds is 2. The van der Waals surface area contributed by atoms with Crippen LogP contribution in [0.5, 0.6) is 0 Å². The summed E-state index contributed by atoms with van der Waals surface area (Å²) in [7, 11) is 1.65. The molecule has 0 aliphatic carbocycles. The van der Waals surface area contributed by atoms with Crippen molar-refractivity contribution in [3.8, 4) is 6.19 Å². The van der Waals surface area contributed by atoms with Gasteiger partial charge >= 0.3 is 0 Å². The minimum absolute atomic E-state index is 0.447. The summed E-state index contributed by atoms with van der Waals surface area (Å²) in [6.07, 6.45) is 3.71. The highest BCUT2D eigenvalue weighted by Crippen LogP contribution is 2.07. The first-order valence-electron chi connectivity index (χ1n) is 4.38. The van der Waals surface area contributed by atoms with Crippen LogP contribution in [0.25, 0.3) is 0 Å². The van der Waals surface area contributed by atoms with E-state index in [4.69, 9.17) is 16.9 Å². The highest BCUT2D eigenvalue weighted by atomic mass is 35.5. The minimum atomic E-state index is 0.447. The summed E-state index contributed by atoms with van der Waals surface area (Å²) in [5, 5.41) is 9.34. The summed E-state index contributed by atoms with van der Waals surface area (Å²) in [6.45, 7) is 2.25. The van der Waals surface area contributed by atoms with Crippen molar-refractivity contribution in [2.75, 3.05) is 7.05 Å². The van der Waals surface area contributed by atoms with Crippen LogP contribution in [0.15, 0.2) is 23.3 Å². The largest absolute Gasteiger partial charge is 0.275 e. The Hall–Kier alpha value is -1.60. The fraction of sp³-hybridized carbons (Fsp3) is 0.300. The Morgan fingerprint density at radius 1 is 1.67 bits per heavy atom. The molecule has 0 N–H and O–H groups in total. The molecule has 0 atom stereocenters. The predicted molar refractivity (Wildman–Crippen MR) is 59.4 cm³/mol. The van der Waals surface area contributed by atoms with Crippen molar-refractivity contribution in [1.82, 2.24) is 9.88 Å². The van der Waals surface area contributed by atoms with Gasteiger partial charge in [-0.2, -0.15) is 5.26 Å². The summed E-state index contributed by atoms with van der Waals surface area (Å²) in [6, 6.07) is 3.54. The van der Waals surface area contributed by atoms with Crippen LogP contribution < -0.4 is 0 Å². The van der Waals surface area contributed by atoms with Gasteiger partial charge in [0.25, 0.3) is 0 Å². The van der Waals surface area contributed by atoms with E-state index in [1.165, 1.54) is 4.90 Å². The summed E-state index contributed by atoms with van der Waals surface area (Å²) in [5.41, 5.74) is 0.920. The Morgan fingerprint density at radius 3 is 2.87 bits per heavy atom. The van der Waals surface area contributed by atoms with Crippen molar-refractivity contribution in [1.29, 1.82) is 5.26 Å². The minimum Gasteiger partial charge on any atom is -0.275 e. The van der Waals surface area contributed by atoms with Gasteiger partial charge in [0.15, 0.2) is 6.19 Å². The van der Waals surface area contributed by atoms with Crippen LogP contribution in [-0.4, -0.2) is 22.8 Å². The van der Waals surface area contributed by atoms with Gasteiger partial charge in [0.2, 0.25) is 0 Å². The Morgan fingerprint density at radius 2 is 2.40 bits per heavy atom. The topological polar surface area (TPSA) is 52.3 Å². The van der Waals surface area contributed by atoms with E-state index in [0.717, 1.165) is 5.56 Å². The SMILES string of the molecule is CN=C(C)N(C#N)Cc1ccc(Cl)nc1. The van der Waals surface area contributed by atoms with E-state index in [1.807, 2.05) is 6.07 Å². The van der Waals surface area contributed by atoms with Crippen molar-refractivity contribution in [2.24, 2.45) is 4.99 Å². The quantitative estimate of drug-likeness (QED) is 0.253. The van der Waals surface area contributed by atoms with Crippen LogP contribution in [0.4, 0.5) is 0 Å². The van der Waals surface area contributed by atoms with E-state index >= 15 is 0 Å². The molecule has 1 aromatic rings. The zero-order chi connectivity index (χ0) is 11.3. The van der Waals surface area contributed by atoms with E-state index in [2.05, 4.69) is 16.2 Å². The maximum atomic E-state index is 8.89. The van der Waals surface area contributed by atoms with Gasteiger partial charge in [0.1, 0.15) is 11.0 Å². The molecule has 0 radical (unpaired) electrons. The van der Waals surface area contributed by atoms with Crippen molar-refractivity contribution in [3.05, 3.63) is 29.0 Å². The lowest BCUT2D eigenvalue weighted by molar-refractivity contribution is 0.565. The van der Waals surface area contributed by atoms with Crippen LogP contribution in [0, 0.1) is 11.5 Å². The van der Waals surface area contributed by atoms with Crippen LogP contribution in [0.2, 0.25) is 5.15 Å². The number of hydrogen-bond donors (Lipinski definition) is 0. The van der Waals surface area contributed by atoms with E-state index in [1.54, 1.807) is 26.2 Å². The van der Waals surface area contributed by atoms with Crippen molar-refractivity contribution < 1.29 is 0 Å². The smallest absolute Gasteiger partial charge is 0.185 e. The Balaban J connectivity index is 2.77. The molecule has 5 heteroatoms. The molecule has 0 fully saturated rings. The number of hydrogen-bond acceptors (Lipinski definition) is 3. The van der Waals surface area contributed by atoms with Crippen LogP contribution >= 0.6 is 11.6 Å². The number of amidine groups is 1. The zero-order valence-corrected chi connectivity index (χ0v) is 9.36. The normalized spacial score (nSPS) is 10.9. The Kier molecular flexibility index (Phi) is 4.07. The van der Waals surface area contributed by atoms with Crippen LogP contribution in [0.1, 0.15) is 12.5 Å². The molecule has 4 nitrogen and oxygen atoms in total. The fourth-order valence-corrected chi connectivity index (χ4v) is 1.14. The standard InChI is InChI=1S/C10H11ClN4/c1-8(13-2)15(7-12)6-9-3-4-10(11)14-5-9/h3-5H,6H2,1-2H3. The zero-order valence-electron chi connectivity index (χ0n) is 8.61. The molecule has 0 unspecified atom stereocenters. The van der Waals surface area contributed by atoms with Gasteiger partial charge in [-0.05, 0) is 18.6 Å². The molecule has 78 valence electrons. The molecule has 0 spiro atoms. The molecule has 0 aliphatic heterocycles. The Bertz CT molecular complexity index is 391. The van der Waals surface area contributed by atoms with Gasteiger partial charge in [0, 0.05) is 13.2 Å². The molecule has 1 rings (SSSR count). The molecular formula is C10H11ClN4. The first kappa shape index (κ1) is 11.5. The molecule has 0 saturated carbocycles. The second-order valence-corrected chi connectivity index (χ2v) is 3.33. The third kappa shape index (κ3) is 3.22. The molecule has 0 bridgehead atoms. The maximum Gasteiger partial charge on any atom is 0.185 e. The van der Waals surface area contributed by atoms with Gasteiger partial charge in [-0.25, -0.2) is 4.98 Å². The van der Waals surface area contributed by atoms with Crippen molar-refractivity contribution in [3.63, 3.8) is 0 Å². The van der Waals surface area contributed by atoms with Gasteiger partial charge in [-0.1, -0.05) is 17.7 Å². The summed E-state index contributed by atoms with van der Waals surface area (Å²) in [4.78, 5) is 9.38. The number of halogens is 1. The van der Waals surface area contributed by atoms with Crippen molar-refractivity contribution in [2.45, 2.75) is 13.5 Å². The van der Waals surface area contributed by atoms with Crippen molar-refractivity contribution >= 4 is 17.4 Å². The molecular weight excluding hydrogens is 212 g/mol. The van der Waals surface area contributed by atoms with Gasteiger partial charge in [-0.3, -0.25) is 9.89 Å². The molecule has 1 aromatic heterocycles. The van der Waals surface area contributed by atoms with Gasteiger partial charge in [0.05, 0.1) is 6.54 Å². The lowest BCUT2D eigenvalue weighted by atomic mass is 10.2. The molecule has 0 aliphatic rings. The fourth-order valence-electron chi connectivity index (χ4n) is 1.03. The van der Waals surface area contributed by atoms with Gasteiger partial charge in [-0.15, -0.1) is 0 Å². The highest BCUT2D eigenvalue weighted by Gasteiger charge is 2.06. The van der Waals surface area contributed by atoms with Gasteiger partial charge < -0.3 is 0 Å². The number of nitriles is 1. The molecule has 0 amide bonds. The summed E-state index contributed by atoms with van der Waals surface area (Å²) >= 11 is 5.66. The number of nitrogens with zero attached hydrogens (tertiary/aromatic N) is 4. The average molecular weight is 223 g/mol. The van der Waals surface area contributed by atoms with E-state index < -0.39 is 0 Å². The first-order valence-corrected chi connectivity index (χ1v) is 4.76. The maximum absolute atomic E-state index is 8.89. The lowest BCUT2D eigenvalue weighted by Crippen LogP contribution is -2.22. The molecule has 0 aromatic carbocycles.